The van der Waals surface area contributed by atoms with Crippen molar-refractivity contribution >= 4 is 44.9 Å². The summed E-state index contributed by atoms with van der Waals surface area (Å²) < 4.78 is 87.0. The maximum atomic E-state index is 14.5. The Labute approximate surface area is 327 Å². The fourth-order valence-electron chi connectivity index (χ4n) is 7.30. The molecule has 15 nitrogen and oxygen atoms in total. The van der Waals surface area contributed by atoms with Gasteiger partial charge in [0, 0.05) is 23.8 Å². The monoisotopic (exact) mass is 820 g/mol. The number of ether oxygens (including phenoxy) is 3. The summed E-state index contributed by atoms with van der Waals surface area (Å²) in [6.07, 6.45) is 1.49. The summed E-state index contributed by atoms with van der Waals surface area (Å²) in [5.74, 6) is -3.64. The standard InChI is InChI=1S/C38H47F3N6O9S/c1-35(13-14-35)21-55-34(51)44-26-10-8-6-4-5-7-9-22-19-37(22,33(50)46-57(52,53)36(2)15-16-36)45-30(48)28-18-24(20-47(28)32(26)49)56-31-29(38(39,40)41)42-27-17-23(54-3)11-12-25(27)43-31/h7,9,11-12,17,22,24,26,28H,4-6,8,10,13-16,18-21H2,1-3H3,(H,44,51)(H,45,48)(H,46,50)/b9-7+/t22-,24-,26+,28+,37-/m1/s1. The molecule has 0 unspecified atom stereocenters. The van der Waals surface area contributed by atoms with E-state index in [1.54, 1.807) is 6.08 Å². The highest BCUT2D eigenvalue weighted by Crippen LogP contribution is 2.48. The van der Waals surface area contributed by atoms with Crippen LogP contribution >= 0.6 is 0 Å². The van der Waals surface area contributed by atoms with Crippen molar-refractivity contribution in [1.82, 2.24) is 30.2 Å². The van der Waals surface area contributed by atoms with E-state index >= 15 is 0 Å². The number of hydrogen-bond acceptors (Lipinski definition) is 11. The molecule has 1 saturated heterocycles. The van der Waals surface area contributed by atoms with Gasteiger partial charge in [0.25, 0.3) is 5.91 Å². The molecule has 5 atom stereocenters. The molecule has 0 radical (unpaired) electrons. The van der Waals surface area contributed by atoms with E-state index in [1.165, 1.54) is 32.2 Å². The number of methoxy groups -OCH3 is 1. The van der Waals surface area contributed by atoms with Gasteiger partial charge in [-0.1, -0.05) is 31.9 Å². The third-order valence-corrected chi connectivity index (χ3v) is 14.0. The summed E-state index contributed by atoms with van der Waals surface area (Å²) in [5, 5.41) is 5.38. The Bertz CT molecular complexity index is 2090. The Hall–Kier alpha value is -4.68. The maximum Gasteiger partial charge on any atom is 0.438 e. The van der Waals surface area contributed by atoms with Crippen molar-refractivity contribution in [1.29, 1.82) is 0 Å². The first-order valence-electron chi connectivity index (χ1n) is 19.2. The molecule has 1 aromatic carbocycles. The van der Waals surface area contributed by atoms with E-state index in [1.807, 2.05) is 13.0 Å². The van der Waals surface area contributed by atoms with Crippen LogP contribution in [0.2, 0.25) is 0 Å². The highest BCUT2D eigenvalue weighted by atomic mass is 32.2. The minimum absolute atomic E-state index is 0.0686. The largest absolute Gasteiger partial charge is 0.497 e. The molecule has 3 aliphatic carbocycles. The summed E-state index contributed by atoms with van der Waals surface area (Å²) in [6, 6.07) is 1.63. The number of alkyl halides is 3. The maximum absolute atomic E-state index is 14.5. The predicted molar refractivity (Wildman–Crippen MR) is 197 cm³/mol. The molecule has 7 rings (SSSR count). The van der Waals surface area contributed by atoms with E-state index in [0.29, 0.717) is 38.5 Å². The second-order valence-corrected chi connectivity index (χ2v) is 18.7. The molecule has 0 spiro atoms. The van der Waals surface area contributed by atoms with Gasteiger partial charge in [-0.3, -0.25) is 19.1 Å². The number of rotatable bonds is 9. The van der Waals surface area contributed by atoms with Crippen molar-refractivity contribution in [3.8, 4) is 11.6 Å². The summed E-state index contributed by atoms with van der Waals surface area (Å²) >= 11 is 0. The van der Waals surface area contributed by atoms with E-state index < -0.39 is 92.5 Å². The number of carbonyl (C=O) groups excluding carboxylic acids is 4. The Morgan fingerprint density at radius 1 is 1.05 bits per heavy atom. The third kappa shape index (κ3) is 8.62. The number of sulfonamides is 1. The molecular weight excluding hydrogens is 774 g/mol. The van der Waals surface area contributed by atoms with Crippen LogP contribution in [0.25, 0.3) is 11.0 Å². The van der Waals surface area contributed by atoms with Crippen molar-refractivity contribution in [3.63, 3.8) is 0 Å². The van der Waals surface area contributed by atoms with Crippen molar-refractivity contribution in [3.05, 3.63) is 36.0 Å². The lowest BCUT2D eigenvalue weighted by Crippen LogP contribution is -2.58. The Morgan fingerprint density at radius 3 is 2.49 bits per heavy atom. The van der Waals surface area contributed by atoms with Gasteiger partial charge in [-0.15, -0.1) is 0 Å². The van der Waals surface area contributed by atoms with E-state index in [0.717, 1.165) is 17.7 Å². The molecule has 310 valence electrons. The third-order valence-electron chi connectivity index (χ3n) is 11.8. The number of halogens is 3. The number of fused-ring (bicyclic) bond motifs is 3. The van der Waals surface area contributed by atoms with Crippen LogP contribution in [0.3, 0.4) is 0 Å². The van der Waals surface area contributed by atoms with E-state index in [-0.39, 0.29) is 48.1 Å². The number of aromatic nitrogens is 2. The molecule has 5 aliphatic rings. The van der Waals surface area contributed by atoms with Crippen molar-refractivity contribution < 1.29 is 55.0 Å². The Kier molecular flexibility index (Phi) is 10.6. The van der Waals surface area contributed by atoms with Gasteiger partial charge in [-0.2, -0.15) is 13.2 Å². The molecule has 3 N–H and O–H groups in total. The SMILES string of the molecule is COc1ccc2nc(O[C@@H]3C[C@H]4C(=O)N[C@]5(C(=O)NS(=O)(=O)C6(C)CC6)C[C@H]5/C=C/CCCCC[C@H](NC(=O)OCC5(C)CC5)C(=O)N4C3)c(C(F)(F)F)nc2c1. The Balaban J connectivity index is 1.20. The number of hydrogen-bond donors (Lipinski definition) is 3. The van der Waals surface area contributed by atoms with Gasteiger partial charge < -0.3 is 29.7 Å². The average Bonchev–Trinajstić information content (AvgIpc) is 4.12. The summed E-state index contributed by atoms with van der Waals surface area (Å²) in [6.45, 7) is 3.25. The fraction of sp³-hybridized carbons (Fsp3) is 0.632. The number of nitrogens with zero attached hydrogens (tertiary/aromatic N) is 3. The molecule has 4 fully saturated rings. The van der Waals surface area contributed by atoms with Gasteiger partial charge in [0.15, 0.2) is 0 Å². The van der Waals surface area contributed by atoms with Gasteiger partial charge >= 0.3 is 12.3 Å². The van der Waals surface area contributed by atoms with E-state index in [9.17, 15) is 40.8 Å². The van der Waals surface area contributed by atoms with Gasteiger partial charge in [-0.05, 0) is 70.4 Å². The first-order valence-corrected chi connectivity index (χ1v) is 20.7. The Morgan fingerprint density at radius 2 is 1.81 bits per heavy atom. The zero-order valence-corrected chi connectivity index (χ0v) is 32.8. The quantitative estimate of drug-likeness (QED) is 0.306. The van der Waals surface area contributed by atoms with Crippen molar-refractivity contribution in [2.45, 2.75) is 119 Å². The topological polar surface area (TPSA) is 195 Å². The number of allylic oxidation sites excluding steroid dienone is 1. The normalized spacial score (nSPS) is 28.7. The van der Waals surface area contributed by atoms with Crippen molar-refractivity contribution in [2.24, 2.45) is 11.3 Å². The molecule has 19 heteroatoms. The van der Waals surface area contributed by atoms with Crippen LogP contribution in [0.15, 0.2) is 30.4 Å². The lowest BCUT2D eigenvalue weighted by molar-refractivity contribution is -0.143. The minimum atomic E-state index is -5.01. The second kappa shape index (κ2) is 14.9. The average molecular weight is 821 g/mol. The first-order chi connectivity index (χ1) is 26.9. The highest BCUT2D eigenvalue weighted by Gasteiger charge is 2.63. The van der Waals surface area contributed by atoms with E-state index in [2.05, 4.69) is 25.3 Å². The zero-order chi connectivity index (χ0) is 41.0. The summed E-state index contributed by atoms with van der Waals surface area (Å²) in [5.41, 5.74) is -3.27. The lowest BCUT2D eigenvalue weighted by Gasteiger charge is -2.30. The van der Waals surface area contributed by atoms with Crippen LogP contribution < -0.4 is 24.8 Å². The van der Waals surface area contributed by atoms with Crippen LogP contribution in [0.1, 0.15) is 90.2 Å². The number of nitrogens with one attached hydrogen (secondary N) is 3. The van der Waals surface area contributed by atoms with Crippen LogP contribution in [0.5, 0.6) is 11.6 Å². The number of alkyl carbamates (subject to hydrolysis) is 1. The second-order valence-electron chi connectivity index (χ2n) is 16.5. The van der Waals surface area contributed by atoms with Crippen LogP contribution in [0.4, 0.5) is 18.0 Å². The first kappa shape index (κ1) is 40.5. The molecule has 4 amide bonds. The minimum Gasteiger partial charge on any atom is -0.497 e. The lowest BCUT2D eigenvalue weighted by atomic mass is 10.0. The van der Waals surface area contributed by atoms with E-state index in [4.69, 9.17) is 14.2 Å². The van der Waals surface area contributed by atoms with Gasteiger partial charge in [0.2, 0.25) is 33.4 Å². The smallest absolute Gasteiger partial charge is 0.438 e. The molecular formula is C38H47F3N6O9S. The molecule has 1 aromatic heterocycles. The molecule has 0 bridgehead atoms. The van der Waals surface area contributed by atoms with Crippen LogP contribution in [0, 0.1) is 11.3 Å². The molecule has 2 aromatic rings. The number of carbonyl (C=O) groups is 4. The van der Waals surface area contributed by atoms with Gasteiger partial charge in [0.1, 0.15) is 29.5 Å². The van der Waals surface area contributed by atoms with Gasteiger partial charge in [0.05, 0.1) is 36.0 Å². The highest BCUT2D eigenvalue weighted by molar-refractivity contribution is 7.91. The zero-order valence-electron chi connectivity index (χ0n) is 31.9. The molecule has 3 heterocycles. The summed E-state index contributed by atoms with van der Waals surface area (Å²) in [7, 11) is -2.73. The molecule has 57 heavy (non-hydrogen) atoms. The van der Waals surface area contributed by atoms with Crippen LogP contribution in [-0.2, 0) is 35.3 Å². The molecule has 2 aliphatic heterocycles. The van der Waals surface area contributed by atoms with Gasteiger partial charge in [-0.25, -0.2) is 23.2 Å². The summed E-state index contributed by atoms with van der Waals surface area (Å²) in [4.78, 5) is 64.7. The predicted octanol–water partition coefficient (Wildman–Crippen LogP) is 4.29. The molecule has 3 saturated carbocycles. The number of amides is 4. The van der Waals surface area contributed by atoms with Crippen LogP contribution in [-0.4, -0.2) is 95.8 Å². The van der Waals surface area contributed by atoms with Crippen molar-refractivity contribution in [2.75, 3.05) is 20.3 Å². The fourth-order valence-corrected chi connectivity index (χ4v) is 8.61. The number of benzene rings is 1.